The van der Waals surface area contributed by atoms with Crippen molar-refractivity contribution in [2.75, 3.05) is 0 Å². The van der Waals surface area contributed by atoms with Crippen LogP contribution in [0.3, 0.4) is 0 Å². The van der Waals surface area contributed by atoms with Crippen molar-refractivity contribution in [3.63, 3.8) is 0 Å². The normalized spacial score (nSPS) is 12.5. The zero-order valence-electron chi connectivity index (χ0n) is 41.3. The van der Waals surface area contributed by atoms with Gasteiger partial charge in [0.2, 0.25) is 0 Å². The molecule has 4 bridgehead atoms. The maximum atomic E-state index is 5.74. The largest absolute Gasteiger partial charge is 0.308 e. The Morgan fingerprint density at radius 1 is 0.315 bits per heavy atom. The summed E-state index contributed by atoms with van der Waals surface area (Å²) in [7, 11) is 10.9. The van der Waals surface area contributed by atoms with Gasteiger partial charge in [0.05, 0.1) is 16.7 Å². The molecule has 7 nitrogen and oxygen atoms in total. The van der Waals surface area contributed by atoms with Gasteiger partial charge in [-0.05, 0) is 58.1 Å². The maximum absolute atomic E-state index is 5.74. The van der Waals surface area contributed by atoms with E-state index in [-0.39, 0.29) is 0 Å². The Balaban J connectivity index is 1.18. The van der Waals surface area contributed by atoms with E-state index in [0.717, 1.165) is 94.1 Å². The van der Waals surface area contributed by atoms with E-state index < -0.39 is 5.41 Å². The molecule has 12 heteroatoms. The number of fused-ring (bicyclic) bond motifs is 9. The standard InChI is InChI=1S/C61H44B5N7/c62-50-49(51(63)53(65)54(66)52(50)64)59-69-55(36-18-8-2-9-19-36)67-57(70-59)39-27-31-46-45(32-39)58-68-56(37-20-10-3-11-21-37)71-60(72-58)61(40-22-12-4-13-23-40,41-24-14-5-15-25-41)42-28-30-44-43-29-26-38(35-16-6-1-7-17-35)33-47(43)73(46)48(44)34-42/h1-34H,62-66H2. The second-order valence-corrected chi connectivity index (χ2v) is 19.2. The third-order valence-corrected chi connectivity index (χ3v) is 15.4. The molecule has 0 fully saturated rings. The highest BCUT2D eigenvalue weighted by Crippen LogP contribution is 2.48. The quantitative estimate of drug-likeness (QED) is 0.206. The Hall–Kier alpha value is -8.88. The molecule has 0 radical (unpaired) electrons. The molecule has 9 aromatic carbocycles. The van der Waals surface area contributed by atoms with E-state index in [4.69, 9.17) is 29.9 Å². The molecule has 73 heavy (non-hydrogen) atoms. The molecule has 0 atom stereocenters. The average molecular weight is 929 g/mol. The molecule has 338 valence electrons. The first kappa shape index (κ1) is 44.1. The van der Waals surface area contributed by atoms with Crippen molar-refractivity contribution in [3.8, 4) is 73.8 Å². The van der Waals surface area contributed by atoms with E-state index >= 15 is 0 Å². The van der Waals surface area contributed by atoms with Gasteiger partial charge in [0, 0.05) is 38.6 Å². The molecule has 3 aromatic heterocycles. The molecule has 0 N–H and O–H groups in total. The third-order valence-electron chi connectivity index (χ3n) is 15.4. The minimum absolute atomic E-state index is 0.533. The van der Waals surface area contributed by atoms with Gasteiger partial charge in [-0.15, -0.1) is 16.4 Å². The third kappa shape index (κ3) is 7.11. The summed E-state index contributed by atoms with van der Waals surface area (Å²) in [6.07, 6.45) is 0. The zero-order valence-corrected chi connectivity index (χ0v) is 41.3. The van der Waals surface area contributed by atoms with Crippen LogP contribution in [0.25, 0.3) is 95.6 Å². The van der Waals surface area contributed by atoms with Crippen molar-refractivity contribution < 1.29 is 0 Å². The lowest BCUT2D eigenvalue weighted by molar-refractivity contribution is 0.675. The van der Waals surface area contributed by atoms with Crippen molar-refractivity contribution in [2.45, 2.75) is 5.41 Å². The van der Waals surface area contributed by atoms with Crippen LogP contribution >= 0.6 is 0 Å². The number of benzene rings is 9. The molecule has 4 heterocycles. The van der Waals surface area contributed by atoms with Crippen molar-refractivity contribution in [3.05, 3.63) is 229 Å². The fraction of sp³-hybridized carbons (Fsp3) is 0.0164. The van der Waals surface area contributed by atoms with E-state index in [2.05, 4.69) is 214 Å². The molecule has 0 spiro atoms. The van der Waals surface area contributed by atoms with E-state index in [1.165, 1.54) is 16.4 Å². The van der Waals surface area contributed by atoms with Crippen LogP contribution in [0.4, 0.5) is 0 Å². The van der Waals surface area contributed by atoms with Gasteiger partial charge in [-0.3, -0.25) is 0 Å². The van der Waals surface area contributed by atoms with Crippen LogP contribution < -0.4 is 27.3 Å². The molecule has 0 saturated heterocycles. The molecule has 1 aliphatic rings. The maximum Gasteiger partial charge on any atom is 0.165 e. The van der Waals surface area contributed by atoms with Crippen molar-refractivity contribution in [1.82, 2.24) is 34.5 Å². The minimum Gasteiger partial charge on any atom is -0.308 e. The van der Waals surface area contributed by atoms with E-state index in [0.29, 0.717) is 34.9 Å². The SMILES string of the molecule is Bc1c(B)c(B)c(-c2nc(-c3ccccc3)nc(-c3ccc4c(c3)-c3nc(-c5ccccc5)nc(n3)C(c3ccccc3)(c3ccccc3)c3ccc5c6ccc(-c7ccccc7)cc6n-4c5c3)n2)c(B)c1B. The number of rotatable bonds is 7. The summed E-state index contributed by atoms with van der Waals surface area (Å²) in [6.45, 7) is 0. The summed E-state index contributed by atoms with van der Waals surface area (Å²) < 4.78 is 2.41. The first-order valence-electron chi connectivity index (χ1n) is 24.9. The van der Waals surface area contributed by atoms with E-state index in [1.54, 1.807) is 0 Å². The number of hydrogen-bond acceptors (Lipinski definition) is 6. The van der Waals surface area contributed by atoms with Gasteiger partial charge >= 0.3 is 0 Å². The van der Waals surface area contributed by atoms with E-state index in [1.807, 2.05) is 36.4 Å². The molecule has 0 saturated carbocycles. The summed E-state index contributed by atoms with van der Waals surface area (Å²) in [5.74, 6) is 3.51. The van der Waals surface area contributed by atoms with Gasteiger partial charge in [0.15, 0.2) is 34.9 Å². The first-order valence-corrected chi connectivity index (χ1v) is 24.9. The Bertz CT molecular complexity index is 4070. The van der Waals surface area contributed by atoms with Crippen LogP contribution in [0.5, 0.6) is 0 Å². The molecular formula is C61H44B5N7. The predicted molar refractivity (Wildman–Crippen MR) is 313 cm³/mol. The lowest BCUT2D eigenvalue weighted by Gasteiger charge is -2.35. The van der Waals surface area contributed by atoms with Crippen molar-refractivity contribution in [1.29, 1.82) is 0 Å². The van der Waals surface area contributed by atoms with Crippen molar-refractivity contribution >= 4 is 88.4 Å². The molecule has 12 aromatic rings. The lowest BCUT2D eigenvalue weighted by atomic mass is 9.60. The van der Waals surface area contributed by atoms with Crippen LogP contribution in [0.1, 0.15) is 22.5 Å². The average Bonchev–Trinajstić information content (AvgIpc) is 3.78. The fourth-order valence-electron chi connectivity index (χ4n) is 11.2. The lowest BCUT2D eigenvalue weighted by Crippen LogP contribution is -2.55. The van der Waals surface area contributed by atoms with Gasteiger partial charge in [-0.1, -0.05) is 187 Å². The van der Waals surface area contributed by atoms with Gasteiger partial charge in [0.25, 0.3) is 0 Å². The monoisotopic (exact) mass is 929 g/mol. The fourth-order valence-corrected chi connectivity index (χ4v) is 11.2. The number of aromatic nitrogens is 7. The molecular weight excluding hydrogens is 885 g/mol. The zero-order chi connectivity index (χ0) is 49.4. The van der Waals surface area contributed by atoms with Gasteiger partial charge in [0.1, 0.15) is 44.6 Å². The summed E-state index contributed by atoms with van der Waals surface area (Å²) in [4.78, 5) is 32.8. The topological polar surface area (TPSA) is 82.3 Å². The summed E-state index contributed by atoms with van der Waals surface area (Å²) in [5, 5.41) is 2.27. The molecule has 13 rings (SSSR count). The van der Waals surface area contributed by atoms with Crippen LogP contribution in [0, 0.1) is 0 Å². The smallest absolute Gasteiger partial charge is 0.165 e. The van der Waals surface area contributed by atoms with Gasteiger partial charge < -0.3 is 4.57 Å². The highest BCUT2D eigenvalue weighted by Gasteiger charge is 2.43. The number of hydrogen-bond donors (Lipinski definition) is 0. The van der Waals surface area contributed by atoms with Crippen LogP contribution in [-0.4, -0.2) is 73.7 Å². The molecule has 0 aliphatic carbocycles. The predicted octanol–water partition coefficient (Wildman–Crippen LogP) is 5.14. The van der Waals surface area contributed by atoms with Gasteiger partial charge in [-0.25, -0.2) is 29.9 Å². The van der Waals surface area contributed by atoms with Crippen LogP contribution in [0.15, 0.2) is 206 Å². The Morgan fingerprint density at radius 2 is 0.753 bits per heavy atom. The Labute approximate surface area is 428 Å². The van der Waals surface area contributed by atoms with E-state index in [9.17, 15) is 0 Å². The second kappa shape index (κ2) is 17.5. The first-order chi connectivity index (χ1) is 35.8. The molecule has 0 amide bonds. The number of nitrogens with zero attached hydrogens (tertiary/aromatic N) is 7. The molecule has 1 aliphatic heterocycles. The Kier molecular flexibility index (Phi) is 10.5. The second-order valence-electron chi connectivity index (χ2n) is 19.2. The van der Waals surface area contributed by atoms with Crippen molar-refractivity contribution in [2.24, 2.45) is 0 Å². The molecule has 0 unspecified atom stereocenters. The van der Waals surface area contributed by atoms with Crippen LogP contribution in [0.2, 0.25) is 0 Å². The Morgan fingerprint density at radius 3 is 1.34 bits per heavy atom. The highest BCUT2D eigenvalue weighted by atomic mass is 15.1. The summed E-state index contributed by atoms with van der Waals surface area (Å²) in [5.41, 5.74) is 18.0. The van der Waals surface area contributed by atoms with Crippen LogP contribution in [-0.2, 0) is 5.41 Å². The minimum atomic E-state index is -0.975. The summed E-state index contributed by atoms with van der Waals surface area (Å²) >= 11 is 0. The summed E-state index contributed by atoms with van der Waals surface area (Å²) in [6, 6.07) is 72.7. The highest BCUT2D eigenvalue weighted by molar-refractivity contribution is 6.68. The van der Waals surface area contributed by atoms with Gasteiger partial charge in [-0.2, -0.15) is 0 Å².